The lowest BCUT2D eigenvalue weighted by Crippen LogP contribution is -2.21. The van der Waals surface area contributed by atoms with Gasteiger partial charge in [-0.3, -0.25) is 9.48 Å². The number of benzene rings is 1. The molecule has 0 unspecified atom stereocenters. The summed E-state index contributed by atoms with van der Waals surface area (Å²) in [7, 11) is 3.41. The van der Waals surface area contributed by atoms with Gasteiger partial charge in [-0.05, 0) is 38.0 Å². The lowest BCUT2D eigenvalue weighted by atomic mass is 10.1. The molecule has 6 nitrogen and oxygen atoms in total. The predicted octanol–water partition coefficient (Wildman–Crippen LogP) is 2.79. The van der Waals surface area contributed by atoms with Crippen LogP contribution in [0, 0.1) is 13.8 Å². The first-order chi connectivity index (χ1) is 11.5. The van der Waals surface area contributed by atoms with Gasteiger partial charge in [0.1, 0.15) is 0 Å². The second-order valence-corrected chi connectivity index (χ2v) is 5.48. The summed E-state index contributed by atoms with van der Waals surface area (Å²) >= 11 is 0. The van der Waals surface area contributed by atoms with Gasteiger partial charge in [-0.2, -0.15) is 5.10 Å². The van der Waals surface area contributed by atoms with Crippen LogP contribution in [0.3, 0.4) is 0 Å². The van der Waals surface area contributed by atoms with Crippen LogP contribution in [0.5, 0.6) is 11.5 Å². The minimum Gasteiger partial charge on any atom is -0.493 e. The molecule has 0 atom stereocenters. The monoisotopic (exact) mass is 329 g/mol. The average Bonchev–Trinajstić information content (AvgIpc) is 2.80. The van der Waals surface area contributed by atoms with Crippen molar-refractivity contribution in [1.29, 1.82) is 0 Å². The number of carbonyl (C=O) groups is 1. The molecule has 1 heterocycles. The molecule has 0 saturated carbocycles. The molecule has 0 radical (unpaired) electrons. The molecule has 1 N–H and O–H groups in total. The molecule has 0 aliphatic rings. The number of carbonyl (C=O) groups excluding carboxylic acids is 1. The van der Waals surface area contributed by atoms with E-state index in [1.807, 2.05) is 39.1 Å². The quantitative estimate of drug-likeness (QED) is 0.793. The van der Waals surface area contributed by atoms with E-state index in [4.69, 9.17) is 9.47 Å². The second kappa shape index (κ2) is 7.68. The van der Waals surface area contributed by atoms with E-state index >= 15 is 0 Å². The number of anilines is 1. The fraction of sp³-hybridized carbons (Fsp3) is 0.333. The van der Waals surface area contributed by atoms with Crippen LogP contribution < -0.4 is 14.8 Å². The first kappa shape index (κ1) is 17.6. The second-order valence-electron chi connectivity index (χ2n) is 5.48. The van der Waals surface area contributed by atoms with E-state index in [2.05, 4.69) is 17.0 Å². The maximum Gasteiger partial charge on any atom is 0.262 e. The molecule has 6 heteroatoms. The highest BCUT2D eigenvalue weighted by Gasteiger charge is 2.14. The van der Waals surface area contributed by atoms with E-state index in [-0.39, 0.29) is 12.5 Å². The molecule has 0 saturated heterocycles. The summed E-state index contributed by atoms with van der Waals surface area (Å²) in [6.45, 7) is 7.36. The van der Waals surface area contributed by atoms with Crippen LogP contribution in [0.2, 0.25) is 0 Å². The highest BCUT2D eigenvalue weighted by Crippen LogP contribution is 2.28. The molecular formula is C18H23N3O3. The molecular weight excluding hydrogens is 306 g/mol. The number of nitrogens with one attached hydrogen (secondary N) is 1. The summed E-state index contributed by atoms with van der Waals surface area (Å²) in [5, 5.41) is 7.11. The van der Waals surface area contributed by atoms with Crippen LogP contribution in [-0.2, 0) is 18.3 Å². The molecule has 1 amide bonds. The van der Waals surface area contributed by atoms with Gasteiger partial charge in [-0.25, -0.2) is 0 Å². The number of rotatable bonds is 7. The highest BCUT2D eigenvalue weighted by molar-refractivity contribution is 5.93. The molecule has 0 aliphatic carbocycles. The Morgan fingerprint density at radius 1 is 1.38 bits per heavy atom. The Kier molecular flexibility index (Phi) is 5.63. The smallest absolute Gasteiger partial charge is 0.262 e. The Hall–Kier alpha value is -2.76. The number of hydrogen-bond donors (Lipinski definition) is 1. The van der Waals surface area contributed by atoms with Gasteiger partial charge in [0.05, 0.1) is 24.2 Å². The highest BCUT2D eigenvalue weighted by atomic mass is 16.5. The van der Waals surface area contributed by atoms with Crippen LogP contribution in [0.4, 0.5) is 5.69 Å². The predicted molar refractivity (Wildman–Crippen MR) is 93.7 cm³/mol. The first-order valence-electron chi connectivity index (χ1n) is 7.67. The van der Waals surface area contributed by atoms with Gasteiger partial charge in [0.25, 0.3) is 5.91 Å². The van der Waals surface area contributed by atoms with Gasteiger partial charge in [0, 0.05) is 7.05 Å². The number of hydrogen-bond acceptors (Lipinski definition) is 4. The third-order valence-corrected chi connectivity index (χ3v) is 3.74. The normalized spacial score (nSPS) is 10.3. The summed E-state index contributed by atoms with van der Waals surface area (Å²) in [6, 6.07) is 5.60. The van der Waals surface area contributed by atoms with E-state index in [0.29, 0.717) is 11.5 Å². The van der Waals surface area contributed by atoms with Crippen molar-refractivity contribution in [2.75, 3.05) is 19.0 Å². The van der Waals surface area contributed by atoms with E-state index in [1.165, 1.54) is 0 Å². The number of methoxy groups -OCH3 is 1. The van der Waals surface area contributed by atoms with Gasteiger partial charge in [0.2, 0.25) is 0 Å². The summed E-state index contributed by atoms with van der Waals surface area (Å²) in [5.74, 6) is 0.877. The Morgan fingerprint density at radius 2 is 2.12 bits per heavy atom. The van der Waals surface area contributed by atoms with Crippen LogP contribution in [0.25, 0.3) is 0 Å². The zero-order valence-corrected chi connectivity index (χ0v) is 14.5. The molecule has 128 valence electrons. The van der Waals surface area contributed by atoms with Crippen LogP contribution >= 0.6 is 0 Å². The van der Waals surface area contributed by atoms with Crippen LogP contribution in [0.15, 0.2) is 30.9 Å². The summed E-state index contributed by atoms with van der Waals surface area (Å²) < 4.78 is 12.6. The van der Waals surface area contributed by atoms with Gasteiger partial charge in [-0.1, -0.05) is 12.1 Å². The van der Waals surface area contributed by atoms with Crippen molar-refractivity contribution >= 4 is 11.6 Å². The summed E-state index contributed by atoms with van der Waals surface area (Å²) in [6.07, 6.45) is 2.57. The van der Waals surface area contributed by atoms with E-state index in [0.717, 1.165) is 29.1 Å². The largest absolute Gasteiger partial charge is 0.493 e. The molecule has 2 aromatic rings. The lowest BCUT2D eigenvalue weighted by molar-refractivity contribution is -0.118. The molecule has 0 spiro atoms. The Bertz CT molecular complexity index is 750. The van der Waals surface area contributed by atoms with Gasteiger partial charge >= 0.3 is 0 Å². The van der Waals surface area contributed by atoms with Crippen molar-refractivity contribution in [2.24, 2.45) is 7.05 Å². The van der Waals surface area contributed by atoms with Crippen molar-refractivity contribution in [3.8, 4) is 11.5 Å². The number of aromatic nitrogens is 2. The lowest BCUT2D eigenvalue weighted by Gasteiger charge is -2.12. The summed E-state index contributed by atoms with van der Waals surface area (Å²) in [5.41, 5.74) is 3.46. The number of allylic oxidation sites excluding steroid dienone is 1. The molecule has 1 aromatic carbocycles. The van der Waals surface area contributed by atoms with Gasteiger partial charge < -0.3 is 14.8 Å². The number of nitrogens with zero attached hydrogens (tertiary/aromatic N) is 2. The topological polar surface area (TPSA) is 65.4 Å². The van der Waals surface area contributed by atoms with Crippen LogP contribution in [-0.4, -0.2) is 29.4 Å². The van der Waals surface area contributed by atoms with Crippen molar-refractivity contribution < 1.29 is 14.3 Å². The SMILES string of the molecule is C=CCc1ccc(OCC(=O)Nc2c(C)nn(C)c2C)c(OC)c1. The standard InChI is InChI=1S/C18H23N3O3/c1-6-7-14-8-9-15(16(10-14)23-5)24-11-17(22)19-18-12(2)20-21(4)13(18)3/h6,8-10H,1,7,11H2,2-5H3,(H,19,22). The Balaban J connectivity index is 2.02. The van der Waals surface area contributed by atoms with Gasteiger partial charge in [-0.15, -0.1) is 6.58 Å². The summed E-state index contributed by atoms with van der Waals surface area (Å²) in [4.78, 5) is 12.1. The molecule has 0 aliphatic heterocycles. The van der Waals surface area contributed by atoms with Crippen LogP contribution in [0.1, 0.15) is 17.0 Å². The number of amides is 1. The third-order valence-electron chi connectivity index (χ3n) is 3.74. The minimum absolute atomic E-state index is 0.106. The van der Waals surface area contributed by atoms with Crippen molar-refractivity contribution in [3.63, 3.8) is 0 Å². The maximum absolute atomic E-state index is 12.1. The van der Waals surface area contributed by atoms with Crippen molar-refractivity contribution in [3.05, 3.63) is 47.8 Å². The molecule has 0 fully saturated rings. The molecule has 2 rings (SSSR count). The van der Waals surface area contributed by atoms with Gasteiger partial charge in [0.15, 0.2) is 18.1 Å². The molecule has 0 bridgehead atoms. The minimum atomic E-state index is -0.244. The van der Waals surface area contributed by atoms with E-state index < -0.39 is 0 Å². The van der Waals surface area contributed by atoms with E-state index in [9.17, 15) is 4.79 Å². The fourth-order valence-electron chi connectivity index (χ4n) is 2.40. The zero-order chi connectivity index (χ0) is 17.7. The Labute approximate surface area is 142 Å². The number of aryl methyl sites for hydroxylation is 2. The fourth-order valence-corrected chi connectivity index (χ4v) is 2.40. The first-order valence-corrected chi connectivity index (χ1v) is 7.67. The van der Waals surface area contributed by atoms with Crippen molar-refractivity contribution in [1.82, 2.24) is 9.78 Å². The number of ether oxygens (including phenoxy) is 2. The third kappa shape index (κ3) is 3.95. The average molecular weight is 329 g/mol. The maximum atomic E-state index is 12.1. The van der Waals surface area contributed by atoms with Crippen molar-refractivity contribution in [2.45, 2.75) is 20.3 Å². The Morgan fingerprint density at radius 3 is 2.71 bits per heavy atom. The molecule has 24 heavy (non-hydrogen) atoms. The van der Waals surface area contributed by atoms with E-state index in [1.54, 1.807) is 17.9 Å². The zero-order valence-electron chi connectivity index (χ0n) is 14.5. The molecule has 1 aromatic heterocycles.